The van der Waals surface area contributed by atoms with Gasteiger partial charge >= 0.3 is 0 Å². The molecule has 12 heteroatoms. The van der Waals surface area contributed by atoms with Crippen LogP contribution in [0.25, 0.3) is 11.2 Å². The summed E-state index contributed by atoms with van der Waals surface area (Å²) >= 11 is 1.72. The summed E-state index contributed by atoms with van der Waals surface area (Å²) in [5, 5.41) is 22.7. The second kappa shape index (κ2) is 10.2. The molecule has 1 unspecified atom stereocenters. The van der Waals surface area contributed by atoms with Crippen molar-refractivity contribution < 1.29 is 19.3 Å². The SMILES string of the molecule is COc1cnc2ccc(=O)n(CC(O)[C@@H]3CC[C@@H](NCc4cc5c(nn4)OCCS5)CO3)c2n1. The van der Waals surface area contributed by atoms with E-state index in [0.717, 1.165) is 22.8 Å². The summed E-state index contributed by atoms with van der Waals surface area (Å²) in [6.07, 6.45) is 1.74. The monoisotopic (exact) mass is 486 g/mol. The third-order valence-electron chi connectivity index (χ3n) is 5.91. The summed E-state index contributed by atoms with van der Waals surface area (Å²) in [6, 6.07) is 5.18. The molecule has 3 aromatic rings. The number of hydrogen-bond acceptors (Lipinski definition) is 11. The molecule has 1 fully saturated rings. The lowest BCUT2D eigenvalue weighted by atomic mass is 10.0. The predicted molar refractivity (Wildman–Crippen MR) is 124 cm³/mol. The van der Waals surface area contributed by atoms with Crippen LogP contribution in [-0.4, -0.2) is 74.2 Å². The smallest absolute Gasteiger partial charge is 0.252 e. The maximum Gasteiger partial charge on any atom is 0.252 e. The van der Waals surface area contributed by atoms with E-state index in [9.17, 15) is 9.90 Å². The molecule has 34 heavy (non-hydrogen) atoms. The van der Waals surface area contributed by atoms with Crippen LogP contribution in [0, 0.1) is 0 Å². The average molecular weight is 487 g/mol. The molecule has 3 aromatic heterocycles. The fraction of sp³-hybridized carbons (Fsp3) is 0.500. The van der Waals surface area contributed by atoms with Crippen molar-refractivity contribution in [1.29, 1.82) is 0 Å². The molecule has 0 radical (unpaired) electrons. The molecule has 0 amide bonds. The van der Waals surface area contributed by atoms with E-state index in [1.165, 1.54) is 23.9 Å². The highest BCUT2D eigenvalue weighted by Crippen LogP contribution is 2.30. The number of rotatable bonds is 7. The molecule has 0 aliphatic carbocycles. The highest BCUT2D eigenvalue weighted by Gasteiger charge is 2.28. The minimum Gasteiger partial charge on any atom is -0.480 e. The van der Waals surface area contributed by atoms with E-state index in [-0.39, 0.29) is 24.2 Å². The van der Waals surface area contributed by atoms with Gasteiger partial charge in [0.15, 0.2) is 5.65 Å². The molecule has 2 aliphatic heterocycles. The van der Waals surface area contributed by atoms with Gasteiger partial charge in [0.1, 0.15) is 5.52 Å². The Labute approximate surface area is 199 Å². The highest BCUT2D eigenvalue weighted by molar-refractivity contribution is 7.99. The first-order valence-electron chi connectivity index (χ1n) is 11.2. The number of aromatic nitrogens is 5. The van der Waals surface area contributed by atoms with Crippen molar-refractivity contribution >= 4 is 22.9 Å². The van der Waals surface area contributed by atoms with Crippen LogP contribution < -0.4 is 20.3 Å². The number of nitrogens with one attached hydrogen (secondary N) is 1. The lowest BCUT2D eigenvalue weighted by Gasteiger charge is -2.32. The van der Waals surface area contributed by atoms with Crippen LogP contribution in [0.1, 0.15) is 18.5 Å². The molecule has 1 saturated heterocycles. The Kier molecular flexibility index (Phi) is 6.90. The van der Waals surface area contributed by atoms with Crippen molar-refractivity contribution in [3.63, 3.8) is 0 Å². The zero-order valence-corrected chi connectivity index (χ0v) is 19.5. The third-order valence-corrected chi connectivity index (χ3v) is 6.89. The largest absolute Gasteiger partial charge is 0.480 e. The molecule has 3 atom stereocenters. The number of nitrogens with zero attached hydrogens (tertiary/aromatic N) is 5. The Morgan fingerprint density at radius 2 is 2.26 bits per heavy atom. The van der Waals surface area contributed by atoms with E-state index >= 15 is 0 Å². The molecular weight excluding hydrogens is 460 g/mol. The summed E-state index contributed by atoms with van der Waals surface area (Å²) in [5.74, 6) is 1.82. The van der Waals surface area contributed by atoms with Gasteiger partial charge in [0, 0.05) is 24.4 Å². The average Bonchev–Trinajstić information content (AvgIpc) is 2.89. The zero-order chi connectivity index (χ0) is 23.5. The number of aliphatic hydroxyl groups is 1. The predicted octanol–water partition coefficient (Wildman–Crippen LogP) is 0.773. The van der Waals surface area contributed by atoms with Gasteiger partial charge in [0.2, 0.25) is 11.8 Å². The van der Waals surface area contributed by atoms with Crippen LogP contribution in [0.4, 0.5) is 0 Å². The minimum atomic E-state index is -0.860. The molecule has 11 nitrogen and oxygen atoms in total. The van der Waals surface area contributed by atoms with Crippen LogP contribution in [0.5, 0.6) is 11.8 Å². The Bertz CT molecular complexity index is 1220. The number of pyridine rings is 1. The minimum absolute atomic E-state index is 0.0607. The Hall–Kier alpha value is -2.80. The first kappa shape index (κ1) is 23.0. The van der Waals surface area contributed by atoms with Gasteiger partial charge in [0.05, 0.1) is 55.9 Å². The van der Waals surface area contributed by atoms with Crippen LogP contribution in [0.2, 0.25) is 0 Å². The van der Waals surface area contributed by atoms with Gasteiger partial charge in [-0.1, -0.05) is 0 Å². The van der Waals surface area contributed by atoms with Gasteiger partial charge in [-0.2, -0.15) is 10.1 Å². The fourth-order valence-electron chi connectivity index (χ4n) is 4.08. The summed E-state index contributed by atoms with van der Waals surface area (Å²) in [6.45, 7) is 1.75. The molecule has 0 bridgehead atoms. The molecule has 5 heterocycles. The van der Waals surface area contributed by atoms with E-state index in [0.29, 0.717) is 49.1 Å². The molecule has 180 valence electrons. The highest BCUT2D eigenvalue weighted by atomic mass is 32.2. The Morgan fingerprint density at radius 1 is 1.35 bits per heavy atom. The van der Waals surface area contributed by atoms with Gasteiger partial charge < -0.3 is 24.6 Å². The number of ether oxygens (including phenoxy) is 3. The van der Waals surface area contributed by atoms with Crippen molar-refractivity contribution in [2.75, 3.05) is 26.1 Å². The number of fused-ring (bicyclic) bond motifs is 2. The second-order valence-electron chi connectivity index (χ2n) is 8.20. The maximum atomic E-state index is 12.5. The van der Waals surface area contributed by atoms with Crippen molar-refractivity contribution in [1.82, 2.24) is 30.0 Å². The number of thioether (sulfide) groups is 1. The maximum absolute atomic E-state index is 12.5. The first-order chi connectivity index (χ1) is 16.6. The van der Waals surface area contributed by atoms with Crippen LogP contribution in [0.15, 0.2) is 34.1 Å². The van der Waals surface area contributed by atoms with Crippen LogP contribution in [0.3, 0.4) is 0 Å². The lowest BCUT2D eigenvalue weighted by Crippen LogP contribution is -2.45. The zero-order valence-electron chi connectivity index (χ0n) is 18.7. The molecule has 0 aromatic carbocycles. The van der Waals surface area contributed by atoms with Gasteiger partial charge in [-0.25, -0.2) is 4.98 Å². The Balaban J connectivity index is 1.17. The van der Waals surface area contributed by atoms with Gasteiger partial charge in [-0.05, 0) is 25.0 Å². The quantitative estimate of drug-likeness (QED) is 0.490. The standard InChI is InChI=1S/C22H26N6O5S/c1-31-19-10-24-15-3-5-20(30)28(21(15)25-19)11-16(29)17-4-2-13(12-33-17)23-9-14-8-18-22(27-26-14)32-6-7-34-18/h3,5,8,10,13,16-17,23,29H,2,4,6-7,9,11-12H2,1H3/t13-,16?,17+/m1/s1. The summed E-state index contributed by atoms with van der Waals surface area (Å²) in [4.78, 5) is 22.1. The van der Waals surface area contributed by atoms with Gasteiger partial charge in [-0.3, -0.25) is 9.36 Å². The number of hydrogen-bond donors (Lipinski definition) is 2. The summed E-state index contributed by atoms with van der Waals surface area (Å²) < 4.78 is 18.0. The van der Waals surface area contributed by atoms with E-state index < -0.39 is 6.10 Å². The summed E-state index contributed by atoms with van der Waals surface area (Å²) in [7, 11) is 1.49. The topological polar surface area (TPSA) is 134 Å². The van der Waals surface area contributed by atoms with Crippen molar-refractivity contribution in [3.8, 4) is 11.8 Å². The molecule has 0 spiro atoms. The van der Waals surface area contributed by atoms with E-state index in [1.54, 1.807) is 17.8 Å². The van der Waals surface area contributed by atoms with Crippen molar-refractivity contribution in [3.05, 3.63) is 40.4 Å². The lowest BCUT2D eigenvalue weighted by molar-refractivity contribution is -0.0771. The number of methoxy groups -OCH3 is 1. The fourth-order valence-corrected chi connectivity index (χ4v) is 4.91. The van der Waals surface area contributed by atoms with Crippen LogP contribution in [-0.2, 0) is 17.8 Å². The van der Waals surface area contributed by atoms with Crippen molar-refractivity contribution in [2.45, 2.75) is 49.1 Å². The van der Waals surface area contributed by atoms with E-state index in [1.807, 2.05) is 6.07 Å². The first-order valence-corrected chi connectivity index (χ1v) is 12.1. The van der Waals surface area contributed by atoms with E-state index in [2.05, 4.69) is 25.5 Å². The molecular formula is C22H26N6O5S. The van der Waals surface area contributed by atoms with E-state index in [4.69, 9.17) is 14.2 Å². The second-order valence-corrected chi connectivity index (χ2v) is 9.34. The Morgan fingerprint density at radius 3 is 3.09 bits per heavy atom. The van der Waals surface area contributed by atoms with Crippen LogP contribution >= 0.6 is 11.8 Å². The molecule has 2 aliphatic rings. The van der Waals surface area contributed by atoms with Gasteiger partial charge in [0.25, 0.3) is 5.56 Å². The van der Waals surface area contributed by atoms with Gasteiger partial charge in [-0.15, -0.1) is 16.9 Å². The normalized spacial score (nSPS) is 21.0. The molecule has 5 rings (SSSR count). The molecule has 0 saturated carbocycles. The molecule has 2 N–H and O–H groups in total. The number of aliphatic hydroxyl groups excluding tert-OH is 1. The summed E-state index contributed by atoms with van der Waals surface area (Å²) in [5.41, 5.74) is 1.51. The van der Waals surface area contributed by atoms with Crippen molar-refractivity contribution in [2.24, 2.45) is 0 Å². The third kappa shape index (κ3) is 4.99.